The lowest BCUT2D eigenvalue weighted by Gasteiger charge is -2.31. The van der Waals surface area contributed by atoms with Crippen molar-refractivity contribution in [3.05, 3.63) is 41.3 Å². The minimum atomic E-state index is -0.232. The normalized spacial score (nSPS) is 18.4. The van der Waals surface area contributed by atoms with Gasteiger partial charge in [0.1, 0.15) is 5.76 Å². The Morgan fingerprint density at radius 1 is 1.26 bits per heavy atom. The third kappa shape index (κ3) is 3.74. The van der Waals surface area contributed by atoms with E-state index in [9.17, 15) is 9.59 Å². The Bertz CT molecular complexity index is 863. The van der Waals surface area contributed by atoms with Gasteiger partial charge in [0, 0.05) is 25.7 Å². The molecule has 8 heteroatoms. The summed E-state index contributed by atoms with van der Waals surface area (Å²) in [7, 11) is 0. The van der Waals surface area contributed by atoms with Crippen molar-refractivity contribution < 1.29 is 23.6 Å². The number of nitrogens with zero attached hydrogens (tertiary/aromatic N) is 2. The van der Waals surface area contributed by atoms with Crippen LogP contribution in [0.2, 0.25) is 0 Å². The largest absolute Gasteiger partial charge is 0.454 e. The second kappa shape index (κ2) is 7.30. The van der Waals surface area contributed by atoms with Crippen LogP contribution in [-0.2, 0) is 11.3 Å². The van der Waals surface area contributed by atoms with Crippen molar-refractivity contribution >= 4 is 11.8 Å². The van der Waals surface area contributed by atoms with Crippen molar-refractivity contribution in [2.75, 3.05) is 19.9 Å². The Balaban J connectivity index is 1.34. The molecule has 0 bridgehead atoms. The fraction of sp³-hybridized carbons (Fsp3) is 0.421. The molecule has 1 saturated heterocycles. The van der Waals surface area contributed by atoms with Crippen molar-refractivity contribution in [1.29, 1.82) is 0 Å². The van der Waals surface area contributed by atoms with Gasteiger partial charge in [-0.05, 0) is 37.5 Å². The van der Waals surface area contributed by atoms with Gasteiger partial charge in [0.25, 0.3) is 5.91 Å². The van der Waals surface area contributed by atoms with Crippen LogP contribution in [0.15, 0.2) is 28.8 Å². The number of carbonyl (C=O) groups is 2. The lowest BCUT2D eigenvalue weighted by Crippen LogP contribution is -2.45. The topological polar surface area (TPSA) is 93.9 Å². The SMILES string of the molecule is Cc1cc(C(=O)N2CCCC(C(=O)NCc3ccc4c(c3)OCO4)C2)no1. The Morgan fingerprint density at radius 2 is 2.11 bits per heavy atom. The van der Waals surface area contributed by atoms with Crippen molar-refractivity contribution in [3.63, 3.8) is 0 Å². The molecule has 2 aliphatic heterocycles. The average Bonchev–Trinajstić information content (AvgIpc) is 3.34. The molecule has 2 amide bonds. The second-order valence-corrected chi connectivity index (χ2v) is 6.82. The number of nitrogens with one attached hydrogen (secondary N) is 1. The summed E-state index contributed by atoms with van der Waals surface area (Å²) >= 11 is 0. The Kier molecular flexibility index (Phi) is 4.70. The molecule has 1 unspecified atom stereocenters. The average molecular weight is 371 g/mol. The highest BCUT2D eigenvalue weighted by Gasteiger charge is 2.30. The number of fused-ring (bicyclic) bond motifs is 1. The van der Waals surface area contributed by atoms with E-state index >= 15 is 0 Å². The zero-order valence-corrected chi connectivity index (χ0v) is 15.1. The first-order valence-corrected chi connectivity index (χ1v) is 8.99. The number of aryl methyl sites for hydroxylation is 1. The minimum absolute atomic E-state index is 0.0542. The molecule has 8 nitrogen and oxygen atoms in total. The summed E-state index contributed by atoms with van der Waals surface area (Å²) in [6.45, 7) is 3.38. The molecule has 0 radical (unpaired) electrons. The molecule has 3 heterocycles. The van der Waals surface area contributed by atoms with Gasteiger partial charge in [0.05, 0.1) is 5.92 Å². The molecular weight excluding hydrogens is 350 g/mol. The van der Waals surface area contributed by atoms with Crippen LogP contribution in [0.4, 0.5) is 0 Å². The van der Waals surface area contributed by atoms with E-state index in [0.29, 0.717) is 31.1 Å². The van der Waals surface area contributed by atoms with Gasteiger partial charge in [-0.15, -0.1) is 0 Å². The van der Waals surface area contributed by atoms with Crippen molar-refractivity contribution in [1.82, 2.24) is 15.4 Å². The molecule has 0 spiro atoms. The lowest BCUT2D eigenvalue weighted by atomic mass is 9.96. The maximum absolute atomic E-state index is 12.6. The number of ether oxygens (including phenoxy) is 2. The summed E-state index contributed by atoms with van der Waals surface area (Å²) < 4.78 is 15.6. The van der Waals surface area contributed by atoms with Crippen LogP contribution < -0.4 is 14.8 Å². The predicted octanol–water partition coefficient (Wildman–Crippen LogP) is 1.88. The first-order chi connectivity index (χ1) is 13.1. The zero-order valence-electron chi connectivity index (χ0n) is 15.1. The number of likely N-dealkylation sites (tertiary alicyclic amines) is 1. The van der Waals surface area contributed by atoms with Gasteiger partial charge in [-0.3, -0.25) is 9.59 Å². The molecule has 2 aromatic rings. The Hall–Kier alpha value is -3.03. The van der Waals surface area contributed by atoms with E-state index in [1.165, 1.54) is 0 Å². The summed E-state index contributed by atoms with van der Waals surface area (Å²) in [4.78, 5) is 26.8. The van der Waals surface area contributed by atoms with Crippen LogP contribution >= 0.6 is 0 Å². The maximum Gasteiger partial charge on any atom is 0.276 e. The van der Waals surface area contributed by atoms with Gasteiger partial charge in [0.15, 0.2) is 17.2 Å². The number of hydrogen-bond donors (Lipinski definition) is 1. The summed E-state index contributed by atoms with van der Waals surface area (Å²) in [5.74, 6) is 1.52. The smallest absolute Gasteiger partial charge is 0.276 e. The summed E-state index contributed by atoms with van der Waals surface area (Å²) in [6, 6.07) is 7.22. The number of rotatable bonds is 4. The number of benzene rings is 1. The van der Waals surface area contributed by atoms with Crippen molar-refractivity contribution in [3.8, 4) is 11.5 Å². The molecule has 1 aromatic carbocycles. The van der Waals surface area contributed by atoms with E-state index in [-0.39, 0.29) is 30.2 Å². The summed E-state index contributed by atoms with van der Waals surface area (Å²) in [5.41, 5.74) is 1.23. The van der Waals surface area contributed by atoms with E-state index in [4.69, 9.17) is 14.0 Å². The van der Waals surface area contributed by atoms with Crippen LogP contribution in [0.3, 0.4) is 0 Å². The van der Waals surface area contributed by atoms with E-state index in [0.717, 1.165) is 24.2 Å². The highest BCUT2D eigenvalue weighted by molar-refractivity contribution is 5.92. The molecule has 2 aliphatic rings. The van der Waals surface area contributed by atoms with Crippen LogP contribution in [0, 0.1) is 12.8 Å². The molecular formula is C19H21N3O5. The molecule has 27 heavy (non-hydrogen) atoms. The fourth-order valence-electron chi connectivity index (χ4n) is 3.39. The van der Waals surface area contributed by atoms with Crippen LogP contribution in [0.1, 0.15) is 34.7 Å². The van der Waals surface area contributed by atoms with E-state index in [1.54, 1.807) is 17.9 Å². The fourth-order valence-corrected chi connectivity index (χ4v) is 3.39. The molecule has 1 fully saturated rings. The van der Waals surface area contributed by atoms with Gasteiger partial charge in [0.2, 0.25) is 12.7 Å². The van der Waals surface area contributed by atoms with Gasteiger partial charge in [-0.25, -0.2) is 0 Å². The van der Waals surface area contributed by atoms with Crippen LogP contribution in [0.5, 0.6) is 11.5 Å². The second-order valence-electron chi connectivity index (χ2n) is 6.82. The first-order valence-electron chi connectivity index (χ1n) is 8.99. The Morgan fingerprint density at radius 3 is 2.93 bits per heavy atom. The number of carbonyl (C=O) groups excluding carboxylic acids is 2. The summed E-state index contributed by atoms with van der Waals surface area (Å²) in [5, 5.41) is 6.73. The van der Waals surface area contributed by atoms with Gasteiger partial charge in [-0.1, -0.05) is 11.2 Å². The maximum atomic E-state index is 12.6. The molecule has 142 valence electrons. The van der Waals surface area contributed by atoms with Crippen LogP contribution in [0.25, 0.3) is 0 Å². The lowest BCUT2D eigenvalue weighted by molar-refractivity contribution is -0.126. The van der Waals surface area contributed by atoms with Crippen molar-refractivity contribution in [2.45, 2.75) is 26.3 Å². The molecule has 1 N–H and O–H groups in total. The van der Waals surface area contributed by atoms with E-state index in [1.807, 2.05) is 18.2 Å². The van der Waals surface area contributed by atoms with Crippen molar-refractivity contribution in [2.24, 2.45) is 5.92 Å². The standard InChI is InChI=1S/C19H21N3O5/c1-12-7-15(21-27-12)19(24)22-6-2-3-14(10-22)18(23)20-9-13-4-5-16-17(8-13)26-11-25-16/h4-5,7-8,14H,2-3,6,9-11H2,1H3,(H,20,23). The molecule has 1 aromatic heterocycles. The third-order valence-corrected chi connectivity index (χ3v) is 4.83. The predicted molar refractivity (Wildman–Crippen MR) is 94.3 cm³/mol. The van der Waals surface area contributed by atoms with E-state index < -0.39 is 0 Å². The first kappa shape index (κ1) is 17.4. The number of hydrogen-bond acceptors (Lipinski definition) is 6. The van der Waals surface area contributed by atoms with E-state index in [2.05, 4.69) is 10.5 Å². The minimum Gasteiger partial charge on any atom is -0.454 e. The monoisotopic (exact) mass is 371 g/mol. The molecule has 0 aliphatic carbocycles. The number of aromatic nitrogens is 1. The van der Waals surface area contributed by atoms with Gasteiger partial charge >= 0.3 is 0 Å². The van der Waals surface area contributed by atoms with Gasteiger partial charge in [-0.2, -0.15) is 0 Å². The van der Waals surface area contributed by atoms with Crippen LogP contribution in [-0.4, -0.2) is 41.8 Å². The van der Waals surface area contributed by atoms with Gasteiger partial charge < -0.3 is 24.2 Å². The zero-order chi connectivity index (χ0) is 18.8. The molecule has 0 saturated carbocycles. The summed E-state index contributed by atoms with van der Waals surface area (Å²) in [6.07, 6.45) is 1.54. The highest BCUT2D eigenvalue weighted by atomic mass is 16.7. The number of piperidine rings is 1. The molecule has 4 rings (SSSR count). The quantitative estimate of drug-likeness (QED) is 0.882. The third-order valence-electron chi connectivity index (χ3n) is 4.83. The Labute approximate surface area is 156 Å². The highest BCUT2D eigenvalue weighted by Crippen LogP contribution is 2.32. The molecule has 1 atom stereocenters. The number of amides is 2.